The van der Waals surface area contributed by atoms with Gasteiger partial charge in [0.1, 0.15) is 0 Å². The van der Waals surface area contributed by atoms with Crippen LogP contribution in [0.2, 0.25) is 0 Å². The number of hydrogen-bond donors (Lipinski definition) is 0. The van der Waals surface area contributed by atoms with Crippen LogP contribution >= 0.6 is 6.72 Å². The summed E-state index contributed by atoms with van der Waals surface area (Å²) in [4.78, 5) is 0. The minimum Gasteiger partial charge on any atom is -0.382 e. The molecule has 10 heavy (non-hydrogen) atoms. The highest BCUT2D eigenvalue weighted by Crippen LogP contribution is 2.57. The van der Waals surface area contributed by atoms with Gasteiger partial charge in [0.15, 0.2) is 0 Å². The fraction of sp³-hybridized carbons (Fsp3) is 1.00. The Morgan fingerprint density at radius 1 is 1.40 bits per heavy atom. The van der Waals surface area contributed by atoms with Crippen LogP contribution in [0.3, 0.4) is 0 Å². The Hall–Kier alpha value is 0.450. The van der Waals surface area contributed by atoms with Crippen LogP contribution in [0.25, 0.3) is 0 Å². The molecule has 0 spiro atoms. The van der Waals surface area contributed by atoms with Crippen molar-refractivity contribution >= 4 is 18.5 Å². The first-order chi connectivity index (χ1) is 4.77. The van der Waals surface area contributed by atoms with E-state index in [1.807, 2.05) is 0 Å². The molecule has 1 rings (SSSR count). The van der Waals surface area contributed by atoms with Gasteiger partial charge < -0.3 is 9.26 Å². The van der Waals surface area contributed by atoms with Crippen molar-refractivity contribution in [1.29, 1.82) is 0 Å². The number of rotatable bonds is 4. The summed E-state index contributed by atoms with van der Waals surface area (Å²) in [5.41, 5.74) is 0. The Labute approximate surface area is 63.3 Å². The van der Waals surface area contributed by atoms with Crippen LogP contribution in [-0.2, 0) is 35.5 Å². The van der Waals surface area contributed by atoms with Crippen LogP contribution in [0.4, 0.5) is 0 Å². The smallest absolute Gasteiger partial charge is 0.382 e. The van der Waals surface area contributed by atoms with Crippen LogP contribution < -0.4 is 0 Å². The fourth-order valence-electron chi connectivity index (χ4n) is 0.356. The van der Waals surface area contributed by atoms with Crippen molar-refractivity contribution in [2.75, 3.05) is 20.3 Å². The van der Waals surface area contributed by atoms with Gasteiger partial charge >= 0.3 is 6.72 Å². The summed E-state index contributed by atoms with van der Waals surface area (Å²) < 4.78 is 18.4. The standard InChI is InChI=1S/C3H7O5PS/c1-4-2-3-5-9(10)7-6-8-9/h2-3H2,1H3. The van der Waals surface area contributed by atoms with Crippen LogP contribution in [-0.4, -0.2) is 20.3 Å². The molecule has 1 heterocycles. The maximum atomic E-state index is 4.94. The topological polar surface area (TPSA) is 46.2 Å². The van der Waals surface area contributed by atoms with Gasteiger partial charge in [-0.15, -0.1) is 9.35 Å². The Morgan fingerprint density at radius 3 is 2.50 bits per heavy atom. The van der Waals surface area contributed by atoms with Crippen LogP contribution in [0, 0.1) is 0 Å². The van der Waals surface area contributed by atoms with Gasteiger partial charge in [-0.3, -0.25) is 0 Å². The first-order valence-electron chi connectivity index (χ1n) is 2.55. The lowest BCUT2D eigenvalue weighted by Gasteiger charge is -2.24. The van der Waals surface area contributed by atoms with E-state index in [2.05, 4.69) is 14.4 Å². The third-order valence-corrected chi connectivity index (χ3v) is 2.45. The van der Waals surface area contributed by atoms with E-state index in [0.29, 0.717) is 13.2 Å². The van der Waals surface area contributed by atoms with E-state index in [1.165, 1.54) is 0 Å². The molecule has 0 atom stereocenters. The van der Waals surface area contributed by atoms with Gasteiger partial charge in [0.25, 0.3) is 0 Å². The van der Waals surface area contributed by atoms with E-state index in [4.69, 9.17) is 21.1 Å². The van der Waals surface area contributed by atoms with E-state index < -0.39 is 6.72 Å². The van der Waals surface area contributed by atoms with E-state index in [1.54, 1.807) is 7.11 Å². The molecule has 5 nitrogen and oxygen atoms in total. The first-order valence-corrected chi connectivity index (χ1v) is 5.11. The number of methoxy groups -OCH3 is 1. The summed E-state index contributed by atoms with van der Waals surface area (Å²) in [6.45, 7) is -1.67. The monoisotopic (exact) mass is 186 g/mol. The second-order valence-electron chi connectivity index (χ2n) is 1.49. The van der Waals surface area contributed by atoms with Crippen molar-refractivity contribution < 1.29 is 23.6 Å². The molecule has 0 radical (unpaired) electrons. The molecule has 0 N–H and O–H groups in total. The van der Waals surface area contributed by atoms with Gasteiger partial charge in [-0.1, -0.05) is 5.04 Å². The number of ether oxygens (including phenoxy) is 1. The molecule has 0 bridgehead atoms. The molecule has 1 saturated heterocycles. The van der Waals surface area contributed by atoms with Crippen molar-refractivity contribution in [3.05, 3.63) is 0 Å². The SMILES string of the molecule is COCCOP1(=S)OOO1. The summed E-state index contributed by atoms with van der Waals surface area (Å²) in [5, 5.41) is 3.95. The van der Waals surface area contributed by atoms with Gasteiger partial charge in [-0.05, 0) is 11.8 Å². The highest BCUT2D eigenvalue weighted by atomic mass is 32.5. The van der Waals surface area contributed by atoms with Gasteiger partial charge in [0.2, 0.25) is 0 Å². The van der Waals surface area contributed by atoms with Gasteiger partial charge in [-0.2, -0.15) is 0 Å². The molecular formula is C3H7O5PS. The van der Waals surface area contributed by atoms with E-state index in [0.717, 1.165) is 0 Å². The first kappa shape index (κ1) is 8.55. The Balaban J connectivity index is 2.07. The minimum absolute atomic E-state index is 0.358. The summed E-state index contributed by atoms with van der Waals surface area (Å²) in [6.07, 6.45) is 0. The van der Waals surface area contributed by atoms with Gasteiger partial charge in [0.05, 0.1) is 13.2 Å². The summed E-state index contributed by atoms with van der Waals surface area (Å²) in [6, 6.07) is 0. The molecule has 1 aliphatic rings. The lowest BCUT2D eigenvalue weighted by molar-refractivity contribution is -0.490. The maximum Gasteiger partial charge on any atom is 0.389 e. The molecule has 0 unspecified atom stereocenters. The predicted octanol–water partition coefficient (Wildman–Crippen LogP) is 0.767. The summed E-state index contributed by atoms with van der Waals surface area (Å²) in [5.74, 6) is 0. The second kappa shape index (κ2) is 3.73. The lowest BCUT2D eigenvalue weighted by atomic mass is 10.8. The van der Waals surface area contributed by atoms with E-state index >= 15 is 0 Å². The van der Waals surface area contributed by atoms with Crippen LogP contribution in [0.1, 0.15) is 0 Å². The summed E-state index contributed by atoms with van der Waals surface area (Å²) >= 11 is 4.71. The molecule has 0 aromatic heterocycles. The molecule has 0 aromatic rings. The maximum absolute atomic E-state index is 4.94. The molecule has 60 valence electrons. The van der Waals surface area contributed by atoms with Gasteiger partial charge in [0, 0.05) is 7.11 Å². The van der Waals surface area contributed by atoms with Crippen molar-refractivity contribution in [3.63, 3.8) is 0 Å². The Morgan fingerprint density at radius 2 is 2.10 bits per heavy atom. The quantitative estimate of drug-likeness (QED) is 0.367. The van der Waals surface area contributed by atoms with Crippen molar-refractivity contribution in [2.45, 2.75) is 0 Å². The predicted molar refractivity (Wildman–Crippen MR) is 35.4 cm³/mol. The number of hydrogen-bond acceptors (Lipinski definition) is 6. The minimum atomic E-state index is -2.49. The lowest BCUT2D eigenvalue weighted by Crippen LogP contribution is -2.11. The summed E-state index contributed by atoms with van der Waals surface area (Å²) in [7, 11) is 1.57. The molecule has 7 heteroatoms. The van der Waals surface area contributed by atoms with Gasteiger partial charge in [-0.25, -0.2) is 0 Å². The molecule has 0 saturated carbocycles. The normalized spacial score (nSPS) is 22.1. The van der Waals surface area contributed by atoms with E-state index in [-0.39, 0.29) is 0 Å². The zero-order valence-electron chi connectivity index (χ0n) is 5.31. The molecular weight excluding hydrogens is 179 g/mol. The van der Waals surface area contributed by atoms with E-state index in [9.17, 15) is 0 Å². The molecule has 1 aliphatic heterocycles. The molecule has 0 aliphatic carbocycles. The average Bonchev–Trinajstić information content (AvgIpc) is 1.85. The largest absolute Gasteiger partial charge is 0.389 e. The van der Waals surface area contributed by atoms with Crippen molar-refractivity contribution in [2.24, 2.45) is 0 Å². The molecule has 0 aromatic carbocycles. The van der Waals surface area contributed by atoms with Crippen molar-refractivity contribution in [3.8, 4) is 0 Å². The highest BCUT2D eigenvalue weighted by Gasteiger charge is 2.34. The Kier molecular flexibility index (Phi) is 3.19. The molecule has 1 fully saturated rings. The fourth-order valence-corrected chi connectivity index (χ4v) is 1.27. The van der Waals surface area contributed by atoms with Crippen molar-refractivity contribution in [1.82, 2.24) is 0 Å². The average molecular weight is 186 g/mol. The zero-order valence-corrected chi connectivity index (χ0v) is 7.02. The zero-order chi connectivity index (χ0) is 7.45. The van der Waals surface area contributed by atoms with Crippen LogP contribution in [0.5, 0.6) is 0 Å². The third-order valence-electron chi connectivity index (χ3n) is 0.780. The second-order valence-corrected chi connectivity index (χ2v) is 4.28. The highest BCUT2D eigenvalue weighted by molar-refractivity contribution is 8.07. The third kappa shape index (κ3) is 2.25. The Bertz CT molecular complexity index is 142. The molecule has 0 amide bonds. The van der Waals surface area contributed by atoms with Crippen LogP contribution in [0.15, 0.2) is 0 Å².